The Morgan fingerprint density at radius 3 is 1.65 bits per heavy atom. The van der Waals surface area contributed by atoms with Crippen LogP contribution in [0.15, 0.2) is 36.4 Å². The second-order valence-electron chi connectivity index (χ2n) is 8.89. The molecule has 0 aliphatic carbocycles. The minimum absolute atomic E-state index is 0.0828. The molecule has 1 spiro atoms. The summed E-state index contributed by atoms with van der Waals surface area (Å²) < 4.78 is 0.498. The number of phenols is 6. The summed E-state index contributed by atoms with van der Waals surface area (Å²) in [5, 5.41) is 61.1. The lowest BCUT2D eigenvalue weighted by atomic mass is 9.78. The molecule has 3 aromatic carbocycles. The van der Waals surface area contributed by atoms with Crippen LogP contribution in [0.4, 0.5) is 5.69 Å². The van der Waals surface area contributed by atoms with E-state index in [9.17, 15) is 30.6 Å². The van der Waals surface area contributed by atoms with Gasteiger partial charge in [0.1, 0.15) is 17.8 Å². The Labute approximate surface area is 177 Å². The number of rotatable bonds is 0. The van der Waals surface area contributed by atoms with E-state index in [0.29, 0.717) is 30.3 Å². The van der Waals surface area contributed by atoms with E-state index in [1.807, 2.05) is 0 Å². The average Bonchev–Trinajstić information content (AvgIpc) is 3.03. The van der Waals surface area contributed by atoms with Crippen LogP contribution in [0.2, 0.25) is 0 Å². The fourth-order valence-electron chi connectivity index (χ4n) is 6.20. The first kappa shape index (κ1) is 18.2. The molecule has 6 N–H and O–H groups in total. The molecule has 0 aromatic heterocycles. The summed E-state index contributed by atoms with van der Waals surface area (Å²) in [5.74, 6) is -1.01. The van der Waals surface area contributed by atoms with Gasteiger partial charge in [0.15, 0.2) is 34.5 Å². The molecule has 3 aliphatic heterocycles. The minimum atomic E-state index is -0.178. The van der Waals surface area contributed by atoms with Crippen molar-refractivity contribution in [2.75, 3.05) is 6.54 Å². The topological polar surface area (TPSA) is 121 Å². The number of benzene rings is 3. The van der Waals surface area contributed by atoms with Crippen molar-refractivity contribution in [3.63, 3.8) is 0 Å². The highest BCUT2D eigenvalue weighted by Crippen LogP contribution is 2.61. The molecule has 3 aromatic rings. The Kier molecular flexibility index (Phi) is 3.39. The zero-order valence-corrected chi connectivity index (χ0v) is 16.6. The van der Waals surface area contributed by atoms with E-state index >= 15 is 0 Å². The van der Waals surface area contributed by atoms with Crippen LogP contribution in [-0.4, -0.2) is 37.2 Å². The standard InChI is InChI=1S/C24H21NO6/c26-19-5-11-1-2-25-16-10-24(31)21(28)7-13(16)4-18(25)15-9-23(30)20(27)6-12(15)3-17(25)14(11)8-22(19)29/h5-10,17-18H,1-4H2,(H5-,26,27,28,29,30,31)/p+1. The molecule has 158 valence electrons. The van der Waals surface area contributed by atoms with E-state index in [-0.39, 0.29) is 46.6 Å². The first-order chi connectivity index (χ1) is 14.8. The van der Waals surface area contributed by atoms with E-state index in [0.717, 1.165) is 33.5 Å². The van der Waals surface area contributed by atoms with Crippen LogP contribution < -0.4 is 4.48 Å². The summed E-state index contributed by atoms with van der Waals surface area (Å²) in [5.41, 5.74) is 5.59. The summed E-state index contributed by atoms with van der Waals surface area (Å²) in [6.45, 7) is 0.699. The highest BCUT2D eigenvalue weighted by Gasteiger charge is 2.58. The smallest absolute Gasteiger partial charge is 0.163 e. The van der Waals surface area contributed by atoms with Gasteiger partial charge in [-0.3, -0.25) is 4.48 Å². The predicted molar refractivity (Wildman–Crippen MR) is 113 cm³/mol. The molecule has 0 bridgehead atoms. The lowest BCUT2D eigenvalue weighted by molar-refractivity contribution is 0.127. The highest BCUT2D eigenvalue weighted by molar-refractivity contribution is 5.68. The summed E-state index contributed by atoms with van der Waals surface area (Å²) in [6.07, 6.45) is 1.82. The molecular weight excluding hydrogens is 398 g/mol. The largest absolute Gasteiger partial charge is 0.504 e. The second-order valence-corrected chi connectivity index (χ2v) is 8.89. The maximum Gasteiger partial charge on any atom is 0.163 e. The molecule has 3 aliphatic rings. The molecule has 3 heterocycles. The van der Waals surface area contributed by atoms with Crippen molar-refractivity contribution in [2.24, 2.45) is 0 Å². The summed E-state index contributed by atoms with van der Waals surface area (Å²) in [6, 6.07) is 9.50. The monoisotopic (exact) mass is 420 g/mol. The fraction of sp³-hybridized carbons (Fsp3) is 0.250. The van der Waals surface area contributed by atoms with Crippen molar-refractivity contribution in [1.29, 1.82) is 0 Å². The van der Waals surface area contributed by atoms with Crippen LogP contribution in [0.1, 0.15) is 39.9 Å². The Morgan fingerprint density at radius 1 is 0.548 bits per heavy atom. The maximum absolute atomic E-state index is 10.3. The molecule has 0 fully saturated rings. The van der Waals surface area contributed by atoms with Gasteiger partial charge in [-0.1, -0.05) is 0 Å². The van der Waals surface area contributed by atoms with Gasteiger partial charge in [0.05, 0.1) is 6.54 Å². The van der Waals surface area contributed by atoms with Crippen molar-refractivity contribution in [2.45, 2.75) is 31.3 Å². The molecule has 0 radical (unpaired) electrons. The van der Waals surface area contributed by atoms with E-state index in [1.165, 1.54) is 0 Å². The van der Waals surface area contributed by atoms with Crippen LogP contribution >= 0.6 is 0 Å². The van der Waals surface area contributed by atoms with Crippen LogP contribution in [0.25, 0.3) is 0 Å². The molecule has 6 rings (SSSR count). The van der Waals surface area contributed by atoms with Crippen LogP contribution in [0.5, 0.6) is 34.5 Å². The normalized spacial score (nSPS) is 25.2. The SMILES string of the molecule is Oc1cc2c(cc1O)C1Cc3cc(O)c(O)cc3C3Cc4cc(O)c(O)cc4[N+]13CC2. The quantitative estimate of drug-likeness (QED) is 0.245. The summed E-state index contributed by atoms with van der Waals surface area (Å²) >= 11 is 0. The van der Waals surface area contributed by atoms with Gasteiger partial charge in [-0.15, -0.1) is 0 Å². The zero-order chi connectivity index (χ0) is 21.7. The number of hydrogen-bond acceptors (Lipinski definition) is 6. The van der Waals surface area contributed by atoms with Crippen LogP contribution in [0, 0.1) is 0 Å². The molecule has 7 heteroatoms. The zero-order valence-electron chi connectivity index (χ0n) is 16.6. The Balaban J connectivity index is 1.66. The number of quaternary nitrogens is 1. The highest BCUT2D eigenvalue weighted by atomic mass is 16.3. The predicted octanol–water partition coefficient (Wildman–Crippen LogP) is 3.38. The molecule has 3 atom stereocenters. The molecule has 3 unspecified atom stereocenters. The number of hydrogen-bond donors (Lipinski definition) is 6. The number of aromatic hydroxyl groups is 6. The number of nitrogens with zero attached hydrogens (tertiary/aromatic N) is 1. The summed E-state index contributed by atoms with van der Waals surface area (Å²) in [7, 11) is 0. The third kappa shape index (κ3) is 2.21. The van der Waals surface area contributed by atoms with Crippen molar-refractivity contribution in [3.05, 3.63) is 64.2 Å². The van der Waals surface area contributed by atoms with Crippen molar-refractivity contribution < 1.29 is 30.6 Å². The number of phenolic OH excluding ortho intramolecular Hbond substituents is 6. The van der Waals surface area contributed by atoms with Crippen LogP contribution in [-0.2, 0) is 19.3 Å². The van der Waals surface area contributed by atoms with Gasteiger partial charge in [0.25, 0.3) is 0 Å². The van der Waals surface area contributed by atoms with Crippen LogP contribution in [0.3, 0.4) is 0 Å². The molecule has 0 amide bonds. The Morgan fingerprint density at radius 2 is 1.00 bits per heavy atom. The molecular formula is C24H22NO6+. The van der Waals surface area contributed by atoms with Gasteiger partial charge in [-0.05, 0) is 41.5 Å². The van der Waals surface area contributed by atoms with E-state index in [1.54, 1.807) is 36.4 Å². The van der Waals surface area contributed by atoms with Crippen molar-refractivity contribution in [1.82, 2.24) is 4.48 Å². The van der Waals surface area contributed by atoms with Gasteiger partial charge in [-0.2, -0.15) is 0 Å². The van der Waals surface area contributed by atoms with Crippen molar-refractivity contribution in [3.8, 4) is 34.5 Å². The Hall–Kier alpha value is -3.58. The van der Waals surface area contributed by atoms with Crippen molar-refractivity contribution >= 4 is 5.69 Å². The van der Waals surface area contributed by atoms with Gasteiger partial charge in [0.2, 0.25) is 0 Å². The second kappa shape index (κ2) is 5.76. The lowest BCUT2D eigenvalue weighted by Crippen LogP contribution is -2.58. The van der Waals surface area contributed by atoms with Gasteiger partial charge in [0, 0.05) is 42.0 Å². The van der Waals surface area contributed by atoms with Gasteiger partial charge < -0.3 is 30.6 Å². The lowest BCUT2D eigenvalue weighted by Gasteiger charge is -2.52. The molecule has 0 saturated heterocycles. The number of fused-ring (bicyclic) bond motifs is 5. The molecule has 7 nitrogen and oxygen atoms in total. The molecule has 0 saturated carbocycles. The first-order valence-corrected chi connectivity index (χ1v) is 10.3. The first-order valence-electron chi connectivity index (χ1n) is 10.3. The fourth-order valence-corrected chi connectivity index (χ4v) is 6.20. The minimum Gasteiger partial charge on any atom is -0.504 e. The summed E-state index contributed by atoms with van der Waals surface area (Å²) in [4.78, 5) is 0. The third-order valence-electron chi connectivity index (χ3n) is 7.51. The average molecular weight is 420 g/mol. The van der Waals surface area contributed by atoms with E-state index < -0.39 is 0 Å². The molecule has 31 heavy (non-hydrogen) atoms. The van der Waals surface area contributed by atoms with Gasteiger partial charge >= 0.3 is 0 Å². The maximum atomic E-state index is 10.3. The van der Waals surface area contributed by atoms with Gasteiger partial charge in [-0.25, -0.2) is 0 Å². The Bertz CT molecular complexity index is 1290. The van der Waals surface area contributed by atoms with E-state index in [2.05, 4.69) is 0 Å². The van der Waals surface area contributed by atoms with E-state index in [4.69, 9.17) is 0 Å². The third-order valence-corrected chi connectivity index (χ3v) is 7.51.